The van der Waals surface area contributed by atoms with Gasteiger partial charge >= 0.3 is 12.3 Å². The predicted octanol–water partition coefficient (Wildman–Crippen LogP) is 5.89. The monoisotopic (exact) mass is 535 g/mol. The van der Waals surface area contributed by atoms with Gasteiger partial charge in [0, 0.05) is 44.0 Å². The zero-order valence-electron chi connectivity index (χ0n) is 20.9. The van der Waals surface area contributed by atoms with Crippen LogP contribution in [0.4, 0.5) is 29.6 Å². The second-order valence-electron chi connectivity index (χ2n) is 10.0. The van der Waals surface area contributed by atoms with Gasteiger partial charge in [-0.3, -0.25) is 0 Å². The Labute approximate surface area is 216 Å². The van der Waals surface area contributed by atoms with Gasteiger partial charge in [0.05, 0.1) is 4.88 Å². The van der Waals surface area contributed by atoms with E-state index >= 15 is 0 Å². The summed E-state index contributed by atoms with van der Waals surface area (Å²) in [5.74, 6) is -0.164. The molecule has 0 atom stereocenters. The molecule has 1 aliphatic rings. The third-order valence-corrected chi connectivity index (χ3v) is 6.95. The summed E-state index contributed by atoms with van der Waals surface area (Å²) in [6.45, 7) is 7.97. The first-order chi connectivity index (χ1) is 17.2. The average molecular weight is 536 g/mol. The van der Waals surface area contributed by atoms with Gasteiger partial charge in [0.25, 0.3) is 0 Å². The first-order valence-corrected chi connectivity index (χ1v) is 12.5. The minimum Gasteiger partial charge on any atom is -0.444 e. The number of nitrogens with one attached hydrogen (secondary N) is 1. The van der Waals surface area contributed by atoms with E-state index in [0.717, 1.165) is 28.3 Å². The van der Waals surface area contributed by atoms with Gasteiger partial charge in [-0.1, -0.05) is 6.07 Å². The number of hydrogen-bond donors (Lipinski definition) is 2. The topological polar surface area (TPSA) is 100 Å². The zero-order chi connectivity index (χ0) is 27.0. The van der Waals surface area contributed by atoms with Crippen LogP contribution < -0.4 is 5.32 Å². The molecule has 0 radical (unpaired) electrons. The molecule has 12 heteroatoms. The fourth-order valence-corrected chi connectivity index (χ4v) is 4.97. The molecule has 2 aromatic heterocycles. The number of ether oxygens (including phenoxy) is 1. The first kappa shape index (κ1) is 26.8. The van der Waals surface area contributed by atoms with E-state index in [1.165, 1.54) is 11.3 Å². The van der Waals surface area contributed by atoms with E-state index in [1.807, 2.05) is 13.0 Å². The molecule has 3 heterocycles. The molecular formula is C25H28F3N5O3S. The van der Waals surface area contributed by atoms with Gasteiger partial charge in [0.1, 0.15) is 21.9 Å². The molecule has 0 bridgehead atoms. The van der Waals surface area contributed by atoms with Crippen LogP contribution in [0.3, 0.4) is 0 Å². The normalized spacial score (nSPS) is 15.9. The van der Waals surface area contributed by atoms with Crippen LogP contribution in [0.5, 0.6) is 0 Å². The molecule has 0 saturated carbocycles. The van der Waals surface area contributed by atoms with Gasteiger partial charge in [-0.15, -0.1) is 11.3 Å². The molecule has 8 nitrogen and oxygen atoms in total. The number of amides is 1. The molecule has 1 aromatic carbocycles. The number of anilines is 2. The fourth-order valence-electron chi connectivity index (χ4n) is 3.93. The highest BCUT2D eigenvalue weighted by molar-refractivity contribution is 7.15. The molecule has 0 aliphatic carbocycles. The molecule has 3 aromatic rings. The van der Waals surface area contributed by atoms with Crippen molar-refractivity contribution in [2.24, 2.45) is 0 Å². The molecule has 0 unspecified atom stereocenters. The van der Waals surface area contributed by atoms with E-state index < -0.39 is 29.2 Å². The second kappa shape index (κ2) is 9.90. The summed E-state index contributed by atoms with van der Waals surface area (Å²) >= 11 is 1.34. The molecule has 1 aliphatic heterocycles. The van der Waals surface area contributed by atoms with Crippen molar-refractivity contribution in [3.05, 3.63) is 52.9 Å². The Kier molecular flexibility index (Phi) is 7.17. The summed E-state index contributed by atoms with van der Waals surface area (Å²) in [6, 6.07) is 6.27. The van der Waals surface area contributed by atoms with E-state index in [9.17, 15) is 23.1 Å². The number of aliphatic hydroxyl groups is 1. The number of carbonyl (C=O) groups excluding carboxylic acids is 1. The largest absolute Gasteiger partial charge is 0.444 e. The quantitative estimate of drug-likeness (QED) is 0.430. The lowest BCUT2D eigenvalue weighted by atomic mass is 9.92. The van der Waals surface area contributed by atoms with Gasteiger partial charge in [-0.05, 0) is 57.0 Å². The van der Waals surface area contributed by atoms with Crippen LogP contribution in [0.25, 0.3) is 10.4 Å². The van der Waals surface area contributed by atoms with E-state index in [-0.39, 0.29) is 5.95 Å². The summed E-state index contributed by atoms with van der Waals surface area (Å²) < 4.78 is 44.4. The van der Waals surface area contributed by atoms with Crippen LogP contribution in [-0.4, -0.2) is 49.7 Å². The lowest BCUT2D eigenvalue weighted by molar-refractivity contribution is -0.141. The minimum absolute atomic E-state index is 0.164. The molecule has 1 saturated heterocycles. The molecule has 4 rings (SSSR count). The molecule has 198 valence electrons. The van der Waals surface area contributed by atoms with Crippen molar-refractivity contribution in [3.63, 3.8) is 0 Å². The number of alkyl halides is 3. The Morgan fingerprint density at radius 3 is 2.51 bits per heavy atom. The number of rotatable bonds is 4. The number of piperidine rings is 1. The minimum atomic E-state index is -4.57. The Morgan fingerprint density at radius 1 is 1.16 bits per heavy atom. The van der Waals surface area contributed by atoms with Crippen molar-refractivity contribution in [2.75, 3.05) is 18.4 Å². The van der Waals surface area contributed by atoms with Crippen LogP contribution in [0.15, 0.2) is 36.7 Å². The summed E-state index contributed by atoms with van der Waals surface area (Å²) in [7, 11) is 0. The first-order valence-electron chi connectivity index (χ1n) is 11.7. The van der Waals surface area contributed by atoms with Crippen molar-refractivity contribution in [1.29, 1.82) is 0 Å². The number of nitrogens with zero attached hydrogens (tertiary/aromatic N) is 4. The fraction of sp³-hybridized carbons (Fsp3) is 0.440. The van der Waals surface area contributed by atoms with Crippen molar-refractivity contribution in [1.82, 2.24) is 19.9 Å². The third-order valence-electron chi connectivity index (χ3n) is 5.71. The number of hydrogen-bond acceptors (Lipinski definition) is 8. The van der Waals surface area contributed by atoms with E-state index in [1.54, 1.807) is 44.0 Å². The van der Waals surface area contributed by atoms with Crippen LogP contribution >= 0.6 is 11.3 Å². The molecule has 1 fully saturated rings. The summed E-state index contributed by atoms with van der Waals surface area (Å²) in [5, 5.41) is 14.7. The summed E-state index contributed by atoms with van der Waals surface area (Å²) in [5.41, 5.74) is -0.619. The highest BCUT2D eigenvalue weighted by Gasteiger charge is 2.39. The maximum Gasteiger partial charge on any atom is 0.433 e. The van der Waals surface area contributed by atoms with Gasteiger partial charge in [0.2, 0.25) is 5.95 Å². The summed E-state index contributed by atoms with van der Waals surface area (Å²) in [6.07, 6.45) is -1.60. The number of likely N-dealkylation sites (tertiary alicyclic amines) is 1. The predicted molar refractivity (Wildman–Crippen MR) is 134 cm³/mol. The smallest absolute Gasteiger partial charge is 0.433 e. The van der Waals surface area contributed by atoms with Crippen LogP contribution in [0.2, 0.25) is 0 Å². The Bertz CT molecular complexity index is 1280. The van der Waals surface area contributed by atoms with Crippen LogP contribution in [0, 0.1) is 6.92 Å². The van der Waals surface area contributed by atoms with Crippen molar-refractivity contribution in [2.45, 2.75) is 57.9 Å². The van der Waals surface area contributed by atoms with Gasteiger partial charge in [-0.2, -0.15) is 13.2 Å². The van der Waals surface area contributed by atoms with Crippen molar-refractivity contribution in [3.8, 4) is 10.4 Å². The lowest BCUT2D eigenvalue weighted by Crippen LogP contribution is -2.46. The molecule has 2 N–H and O–H groups in total. The molecule has 1 amide bonds. The molecule has 37 heavy (non-hydrogen) atoms. The number of benzene rings is 1. The zero-order valence-corrected chi connectivity index (χ0v) is 21.7. The Balaban J connectivity index is 1.49. The van der Waals surface area contributed by atoms with Crippen LogP contribution in [-0.2, 0) is 16.5 Å². The Hall–Kier alpha value is -3.25. The summed E-state index contributed by atoms with van der Waals surface area (Å²) in [4.78, 5) is 26.6. The Morgan fingerprint density at radius 2 is 1.86 bits per heavy atom. The van der Waals surface area contributed by atoms with Gasteiger partial charge in [0.15, 0.2) is 0 Å². The number of halogens is 3. The van der Waals surface area contributed by atoms with Crippen molar-refractivity contribution >= 4 is 29.1 Å². The number of carbonyl (C=O) groups is 1. The maximum atomic E-state index is 13.0. The molecular weight excluding hydrogens is 507 g/mol. The van der Waals surface area contributed by atoms with Gasteiger partial charge in [-0.25, -0.2) is 19.7 Å². The van der Waals surface area contributed by atoms with E-state index in [0.29, 0.717) is 36.6 Å². The second-order valence-corrected chi connectivity index (χ2v) is 11.0. The average Bonchev–Trinajstić information content (AvgIpc) is 3.29. The maximum absolute atomic E-state index is 13.0. The third kappa shape index (κ3) is 6.55. The van der Waals surface area contributed by atoms with Gasteiger partial charge < -0.3 is 20.1 Å². The highest BCUT2D eigenvalue weighted by atomic mass is 32.1. The molecule has 0 spiro atoms. The van der Waals surface area contributed by atoms with Crippen LogP contribution in [0.1, 0.15) is 49.9 Å². The SMILES string of the molecule is Cc1cc(Nc2nccc(C(F)(F)F)n2)cc(-c2cnc(C3(O)CCN(C(=O)OC(C)(C)C)CC3)s2)c1. The number of aromatic nitrogens is 3. The standard InChI is InChI=1S/C25H28F3N5O3S/c1-15-11-16(13-17(12-15)31-21-29-8-5-19(32-21)25(26,27)28)18-14-30-20(37-18)24(35)6-9-33(10-7-24)22(34)36-23(2,3)4/h5,8,11-14,35H,6-7,9-10H2,1-4H3,(H,29,31,32). The van der Waals surface area contributed by atoms with E-state index in [4.69, 9.17) is 4.74 Å². The lowest BCUT2D eigenvalue weighted by Gasteiger charge is -2.37. The number of aryl methyl sites for hydroxylation is 1. The number of thiazole rings is 1. The van der Waals surface area contributed by atoms with Crippen molar-refractivity contribution < 1.29 is 27.8 Å². The highest BCUT2D eigenvalue weighted by Crippen LogP contribution is 2.39. The van der Waals surface area contributed by atoms with E-state index in [2.05, 4.69) is 20.3 Å².